The van der Waals surface area contributed by atoms with Gasteiger partial charge in [-0.15, -0.1) is 0 Å². The van der Waals surface area contributed by atoms with Crippen LogP contribution in [0.25, 0.3) is 22.4 Å². The van der Waals surface area contributed by atoms with Gasteiger partial charge in [0.2, 0.25) is 0 Å². The second kappa shape index (κ2) is 6.57. The van der Waals surface area contributed by atoms with Crippen LogP contribution in [0.2, 0.25) is 0 Å². The molecule has 4 rings (SSSR count). The Balaban J connectivity index is 1.68. The minimum Gasteiger partial charge on any atom is -0.490 e. The molecule has 0 amide bonds. The van der Waals surface area contributed by atoms with Crippen molar-refractivity contribution in [2.45, 2.75) is 18.9 Å². The first kappa shape index (κ1) is 15.7. The van der Waals surface area contributed by atoms with Crippen molar-refractivity contribution in [3.63, 3.8) is 0 Å². The van der Waals surface area contributed by atoms with Gasteiger partial charge in [-0.3, -0.25) is 0 Å². The Labute approximate surface area is 150 Å². The molecule has 0 bridgehead atoms. The van der Waals surface area contributed by atoms with Gasteiger partial charge in [0.05, 0.1) is 16.6 Å². The molecule has 2 heterocycles. The molecule has 1 saturated heterocycles. The Hall–Kier alpha value is -1.85. The quantitative estimate of drug-likeness (QED) is 0.723. The fourth-order valence-corrected chi connectivity index (χ4v) is 3.51. The van der Waals surface area contributed by atoms with Crippen LogP contribution in [0.4, 0.5) is 0 Å². The summed E-state index contributed by atoms with van der Waals surface area (Å²) >= 11 is 3.57. The van der Waals surface area contributed by atoms with Crippen molar-refractivity contribution in [2.75, 3.05) is 20.1 Å². The molecule has 4 nitrogen and oxygen atoms in total. The van der Waals surface area contributed by atoms with Crippen LogP contribution < -0.4 is 4.74 Å². The first-order valence-electron chi connectivity index (χ1n) is 8.29. The minimum absolute atomic E-state index is 0.269. The molecular weight excluding hydrogens is 366 g/mol. The zero-order valence-electron chi connectivity index (χ0n) is 13.6. The van der Waals surface area contributed by atoms with E-state index in [0.717, 1.165) is 58.6 Å². The van der Waals surface area contributed by atoms with Crippen molar-refractivity contribution in [1.82, 2.24) is 14.9 Å². The zero-order chi connectivity index (χ0) is 16.5. The highest BCUT2D eigenvalue weighted by Crippen LogP contribution is 2.33. The molecule has 0 aliphatic carbocycles. The highest BCUT2D eigenvalue weighted by atomic mass is 79.9. The average molecular weight is 386 g/mol. The molecule has 0 radical (unpaired) electrons. The van der Waals surface area contributed by atoms with E-state index in [-0.39, 0.29) is 6.10 Å². The molecule has 2 aromatic carbocycles. The summed E-state index contributed by atoms with van der Waals surface area (Å²) in [6, 6.07) is 14.2. The Morgan fingerprint density at radius 1 is 1.17 bits per heavy atom. The van der Waals surface area contributed by atoms with Crippen molar-refractivity contribution < 1.29 is 4.74 Å². The van der Waals surface area contributed by atoms with Gasteiger partial charge >= 0.3 is 0 Å². The van der Waals surface area contributed by atoms with E-state index in [0.29, 0.717) is 0 Å². The van der Waals surface area contributed by atoms with Gasteiger partial charge < -0.3 is 14.6 Å². The summed E-state index contributed by atoms with van der Waals surface area (Å²) in [4.78, 5) is 10.5. The fraction of sp³-hybridized carbons (Fsp3) is 0.316. The van der Waals surface area contributed by atoms with Crippen LogP contribution >= 0.6 is 15.9 Å². The molecular formula is C19H20BrN3O. The number of piperidine rings is 1. The van der Waals surface area contributed by atoms with Crippen LogP contribution in [-0.2, 0) is 0 Å². The Morgan fingerprint density at radius 3 is 2.75 bits per heavy atom. The monoisotopic (exact) mass is 385 g/mol. The average Bonchev–Trinajstić information content (AvgIpc) is 3.02. The molecule has 1 aliphatic rings. The molecule has 0 saturated carbocycles. The van der Waals surface area contributed by atoms with E-state index >= 15 is 0 Å². The highest BCUT2D eigenvalue weighted by Gasteiger charge is 2.20. The standard InChI is InChI=1S/C19H20BrN3O/c1-23-10-8-14(9-11-23)24-18-7-6-13(20)12-15(18)19-21-16-4-2-3-5-17(16)22-19/h2-7,12,14H,8-11H2,1H3,(H,21,22). The van der Waals surface area contributed by atoms with Gasteiger partial charge in [-0.1, -0.05) is 28.1 Å². The first-order chi connectivity index (χ1) is 11.7. The number of fused-ring (bicyclic) bond motifs is 1. The third kappa shape index (κ3) is 3.19. The van der Waals surface area contributed by atoms with Crippen LogP contribution in [0.15, 0.2) is 46.9 Å². The lowest BCUT2D eigenvalue weighted by Crippen LogP contribution is -2.35. The normalized spacial score (nSPS) is 16.6. The molecule has 1 aliphatic heterocycles. The van der Waals surface area contributed by atoms with Gasteiger partial charge in [0.15, 0.2) is 0 Å². The van der Waals surface area contributed by atoms with E-state index in [1.54, 1.807) is 0 Å². The van der Waals surface area contributed by atoms with Gasteiger partial charge in [0, 0.05) is 17.6 Å². The SMILES string of the molecule is CN1CCC(Oc2ccc(Br)cc2-c2nc3ccccc3[nH]2)CC1. The van der Waals surface area contributed by atoms with Crippen molar-refractivity contribution in [3.8, 4) is 17.1 Å². The Morgan fingerprint density at radius 2 is 1.96 bits per heavy atom. The summed E-state index contributed by atoms with van der Waals surface area (Å²) in [6.45, 7) is 2.17. The molecule has 3 aromatic rings. The van der Waals surface area contributed by atoms with Crippen molar-refractivity contribution >= 4 is 27.0 Å². The van der Waals surface area contributed by atoms with Crippen molar-refractivity contribution in [1.29, 1.82) is 0 Å². The summed E-state index contributed by atoms with van der Waals surface area (Å²) in [5, 5.41) is 0. The van der Waals surface area contributed by atoms with E-state index < -0.39 is 0 Å². The minimum atomic E-state index is 0.269. The van der Waals surface area contributed by atoms with Crippen molar-refractivity contribution in [3.05, 3.63) is 46.9 Å². The smallest absolute Gasteiger partial charge is 0.142 e. The lowest BCUT2D eigenvalue weighted by Gasteiger charge is -2.29. The molecule has 0 atom stereocenters. The van der Waals surface area contributed by atoms with Crippen LogP contribution in [0, 0.1) is 0 Å². The topological polar surface area (TPSA) is 41.1 Å². The third-order valence-corrected chi connectivity index (χ3v) is 5.04. The van der Waals surface area contributed by atoms with Crippen LogP contribution in [-0.4, -0.2) is 41.1 Å². The lowest BCUT2D eigenvalue weighted by molar-refractivity contribution is 0.115. The third-order valence-electron chi connectivity index (χ3n) is 4.55. The van der Waals surface area contributed by atoms with Crippen LogP contribution in [0.5, 0.6) is 5.75 Å². The van der Waals surface area contributed by atoms with E-state index in [1.165, 1.54) is 0 Å². The van der Waals surface area contributed by atoms with Crippen LogP contribution in [0.1, 0.15) is 12.8 Å². The predicted molar refractivity (Wildman–Crippen MR) is 100 cm³/mol. The summed E-state index contributed by atoms with van der Waals surface area (Å²) in [7, 11) is 2.16. The summed E-state index contributed by atoms with van der Waals surface area (Å²) < 4.78 is 7.35. The summed E-state index contributed by atoms with van der Waals surface area (Å²) in [5.41, 5.74) is 3.01. The number of likely N-dealkylation sites (tertiary alicyclic amines) is 1. The summed E-state index contributed by atoms with van der Waals surface area (Å²) in [5.74, 6) is 1.74. The number of imidazole rings is 1. The number of halogens is 1. The second-order valence-electron chi connectivity index (χ2n) is 6.36. The molecule has 124 valence electrons. The maximum Gasteiger partial charge on any atom is 0.142 e. The molecule has 0 unspecified atom stereocenters. The molecule has 5 heteroatoms. The Bertz CT molecular complexity index is 820. The largest absolute Gasteiger partial charge is 0.490 e. The number of para-hydroxylation sites is 2. The molecule has 0 spiro atoms. The first-order valence-corrected chi connectivity index (χ1v) is 9.08. The number of ether oxygens (including phenoxy) is 1. The van der Waals surface area contributed by atoms with E-state index in [9.17, 15) is 0 Å². The number of H-pyrrole nitrogens is 1. The van der Waals surface area contributed by atoms with E-state index in [2.05, 4.69) is 38.9 Å². The molecule has 24 heavy (non-hydrogen) atoms. The van der Waals surface area contributed by atoms with Gasteiger partial charge in [0.25, 0.3) is 0 Å². The molecule has 1 fully saturated rings. The van der Waals surface area contributed by atoms with Gasteiger partial charge in [0.1, 0.15) is 17.7 Å². The van der Waals surface area contributed by atoms with E-state index in [1.807, 2.05) is 36.4 Å². The maximum atomic E-state index is 6.33. The lowest BCUT2D eigenvalue weighted by atomic mass is 10.1. The number of hydrogen-bond acceptors (Lipinski definition) is 3. The van der Waals surface area contributed by atoms with Crippen LogP contribution in [0.3, 0.4) is 0 Å². The number of aromatic amines is 1. The second-order valence-corrected chi connectivity index (χ2v) is 7.28. The number of rotatable bonds is 3. The van der Waals surface area contributed by atoms with Gasteiger partial charge in [-0.25, -0.2) is 4.98 Å². The van der Waals surface area contributed by atoms with E-state index in [4.69, 9.17) is 9.72 Å². The highest BCUT2D eigenvalue weighted by molar-refractivity contribution is 9.10. The van der Waals surface area contributed by atoms with Gasteiger partial charge in [-0.2, -0.15) is 0 Å². The fourth-order valence-electron chi connectivity index (χ4n) is 3.15. The zero-order valence-corrected chi connectivity index (χ0v) is 15.2. The number of hydrogen-bond donors (Lipinski definition) is 1. The number of aromatic nitrogens is 2. The van der Waals surface area contributed by atoms with Crippen molar-refractivity contribution in [2.24, 2.45) is 0 Å². The molecule has 1 aromatic heterocycles. The number of nitrogens with one attached hydrogen (secondary N) is 1. The molecule has 1 N–H and O–H groups in total. The summed E-state index contributed by atoms with van der Waals surface area (Å²) in [6.07, 6.45) is 2.39. The number of nitrogens with zero attached hydrogens (tertiary/aromatic N) is 2. The predicted octanol–water partition coefficient (Wildman–Crippen LogP) is 4.47. The maximum absolute atomic E-state index is 6.33. The van der Waals surface area contributed by atoms with Gasteiger partial charge in [-0.05, 0) is 50.2 Å². The Kier molecular flexibility index (Phi) is 4.29. The number of benzene rings is 2.